The van der Waals surface area contributed by atoms with E-state index in [-0.39, 0.29) is 11.3 Å². The molecule has 1 fully saturated rings. The molecule has 1 aliphatic carbocycles. The lowest BCUT2D eigenvalue weighted by Gasteiger charge is -2.47. The van der Waals surface area contributed by atoms with E-state index in [0.717, 1.165) is 37.8 Å². The van der Waals surface area contributed by atoms with Crippen molar-refractivity contribution in [3.05, 3.63) is 119 Å². The molecule has 1 saturated carbocycles. The summed E-state index contributed by atoms with van der Waals surface area (Å²) in [7, 11) is 2.13. The van der Waals surface area contributed by atoms with E-state index in [0.29, 0.717) is 12.3 Å². The van der Waals surface area contributed by atoms with Crippen LogP contribution in [0.25, 0.3) is 0 Å². The zero-order valence-electron chi connectivity index (χ0n) is 22.9. The maximum Gasteiger partial charge on any atom is 0.416 e. The second-order valence-corrected chi connectivity index (χ2v) is 11.4. The molecule has 1 atom stereocenters. The van der Waals surface area contributed by atoms with Crippen LogP contribution in [0.5, 0.6) is 0 Å². The molecule has 0 N–H and O–H groups in total. The van der Waals surface area contributed by atoms with Crippen molar-refractivity contribution < 1.29 is 13.2 Å². The Morgan fingerprint density at radius 1 is 0.868 bits per heavy atom. The smallest absolute Gasteiger partial charge is 0.378 e. The Hall–Kier alpha value is -3.01. The Balaban J connectivity index is 1.46. The zero-order chi connectivity index (χ0) is 27.3. The van der Waals surface area contributed by atoms with Crippen molar-refractivity contribution in [1.29, 1.82) is 0 Å². The van der Waals surface area contributed by atoms with E-state index in [9.17, 15) is 13.2 Å². The Morgan fingerprint density at radius 2 is 1.45 bits per heavy atom. The molecule has 0 aromatic heterocycles. The van der Waals surface area contributed by atoms with Crippen LogP contribution in [0, 0.1) is 5.92 Å². The highest BCUT2D eigenvalue weighted by atomic mass is 19.4. The Labute approximate surface area is 226 Å². The normalized spacial score (nSPS) is 15.7. The molecule has 0 unspecified atom stereocenters. The number of alkyl halides is 3. The molecule has 0 saturated heterocycles. The number of halogens is 3. The van der Waals surface area contributed by atoms with Gasteiger partial charge in [-0.2, -0.15) is 13.2 Å². The summed E-state index contributed by atoms with van der Waals surface area (Å²) in [6, 6.07) is 25.1. The SMILES string of the molecule is C=C(N(C)CC[C@H](Cc1ccc(C(F)(F)F)cc1)c1ccccc1)C1(c2ccc(CC(C)C)cc2)CCC1. The average molecular weight is 520 g/mol. The third-order valence-electron chi connectivity index (χ3n) is 8.22. The highest BCUT2D eigenvalue weighted by Gasteiger charge is 2.42. The van der Waals surface area contributed by atoms with Crippen molar-refractivity contribution in [2.75, 3.05) is 13.6 Å². The van der Waals surface area contributed by atoms with Gasteiger partial charge in [0.15, 0.2) is 0 Å². The van der Waals surface area contributed by atoms with Crippen molar-refractivity contribution >= 4 is 0 Å². The lowest BCUT2D eigenvalue weighted by Crippen LogP contribution is -2.42. The number of allylic oxidation sites excluding steroid dienone is 1. The molecular formula is C34H40F3N. The van der Waals surface area contributed by atoms with E-state index in [1.165, 1.54) is 40.9 Å². The van der Waals surface area contributed by atoms with Gasteiger partial charge in [0.05, 0.1) is 5.56 Å². The molecule has 1 aliphatic rings. The van der Waals surface area contributed by atoms with Crippen LogP contribution in [-0.4, -0.2) is 18.5 Å². The molecule has 4 heteroatoms. The molecule has 202 valence electrons. The minimum Gasteiger partial charge on any atom is -0.378 e. The molecule has 0 spiro atoms. The fourth-order valence-corrected chi connectivity index (χ4v) is 5.78. The molecule has 0 radical (unpaired) electrons. The minimum absolute atomic E-state index is 0.000774. The van der Waals surface area contributed by atoms with Crippen molar-refractivity contribution in [3.8, 4) is 0 Å². The molecule has 0 amide bonds. The molecule has 3 aromatic carbocycles. The van der Waals surface area contributed by atoms with Crippen molar-refractivity contribution in [2.24, 2.45) is 5.92 Å². The lowest BCUT2D eigenvalue weighted by atomic mass is 9.62. The number of hydrogen-bond donors (Lipinski definition) is 0. The summed E-state index contributed by atoms with van der Waals surface area (Å²) in [5, 5.41) is 0. The second-order valence-electron chi connectivity index (χ2n) is 11.4. The van der Waals surface area contributed by atoms with Crippen LogP contribution in [-0.2, 0) is 24.4 Å². The Bertz CT molecular complexity index is 1170. The first-order valence-corrected chi connectivity index (χ1v) is 13.8. The summed E-state index contributed by atoms with van der Waals surface area (Å²) in [5.74, 6) is 0.843. The van der Waals surface area contributed by atoms with Gasteiger partial charge in [-0.3, -0.25) is 0 Å². The Kier molecular flexibility index (Phi) is 8.70. The van der Waals surface area contributed by atoms with Crippen LogP contribution in [0.2, 0.25) is 0 Å². The molecular weight excluding hydrogens is 479 g/mol. The molecule has 1 nitrogen and oxygen atoms in total. The highest BCUT2D eigenvalue weighted by Crippen LogP contribution is 2.49. The lowest BCUT2D eigenvalue weighted by molar-refractivity contribution is -0.137. The maximum absolute atomic E-state index is 13.0. The van der Waals surface area contributed by atoms with E-state index < -0.39 is 11.7 Å². The molecule has 0 bridgehead atoms. The van der Waals surface area contributed by atoms with Crippen LogP contribution in [0.3, 0.4) is 0 Å². The van der Waals surface area contributed by atoms with Crippen LogP contribution in [0.4, 0.5) is 13.2 Å². The van der Waals surface area contributed by atoms with Gasteiger partial charge in [0.1, 0.15) is 0 Å². The number of rotatable bonds is 11. The van der Waals surface area contributed by atoms with Gasteiger partial charge in [-0.15, -0.1) is 0 Å². The first-order chi connectivity index (χ1) is 18.1. The van der Waals surface area contributed by atoms with E-state index in [4.69, 9.17) is 0 Å². The number of benzene rings is 3. The predicted octanol–water partition coefficient (Wildman–Crippen LogP) is 9.19. The molecule has 0 aliphatic heterocycles. The molecule has 0 heterocycles. The zero-order valence-corrected chi connectivity index (χ0v) is 22.9. The molecule has 3 aromatic rings. The highest BCUT2D eigenvalue weighted by molar-refractivity contribution is 5.39. The summed E-state index contributed by atoms with van der Waals surface area (Å²) in [6.07, 6.45) is 1.82. The van der Waals surface area contributed by atoms with Crippen LogP contribution in [0.1, 0.15) is 73.3 Å². The second kappa shape index (κ2) is 11.8. The van der Waals surface area contributed by atoms with Gasteiger partial charge < -0.3 is 4.90 Å². The average Bonchev–Trinajstić information content (AvgIpc) is 2.86. The van der Waals surface area contributed by atoms with Gasteiger partial charge >= 0.3 is 6.18 Å². The predicted molar refractivity (Wildman–Crippen MR) is 151 cm³/mol. The third-order valence-corrected chi connectivity index (χ3v) is 8.22. The summed E-state index contributed by atoms with van der Waals surface area (Å²) in [4.78, 5) is 2.31. The molecule has 4 rings (SSSR count). The summed E-state index contributed by atoms with van der Waals surface area (Å²) >= 11 is 0. The number of likely N-dealkylation sites (N-methyl/N-ethyl adjacent to an activating group) is 1. The fourth-order valence-electron chi connectivity index (χ4n) is 5.78. The van der Waals surface area contributed by atoms with Gasteiger partial charge in [0.25, 0.3) is 0 Å². The van der Waals surface area contributed by atoms with Gasteiger partial charge in [-0.1, -0.05) is 93.6 Å². The maximum atomic E-state index is 13.0. The molecule has 38 heavy (non-hydrogen) atoms. The van der Waals surface area contributed by atoms with Gasteiger partial charge in [-0.05, 0) is 78.3 Å². The quantitative estimate of drug-likeness (QED) is 0.244. The van der Waals surface area contributed by atoms with Gasteiger partial charge in [-0.25, -0.2) is 0 Å². The summed E-state index contributed by atoms with van der Waals surface area (Å²) in [5.41, 5.74) is 5.44. The summed E-state index contributed by atoms with van der Waals surface area (Å²) < 4.78 is 39.1. The first-order valence-electron chi connectivity index (χ1n) is 13.8. The minimum atomic E-state index is -4.31. The first kappa shape index (κ1) is 28.0. The standard InChI is InChI=1S/C34H40F3N/c1-25(2)23-27-11-15-31(16-12-27)33(20-8-21-33)26(3)38(4)22-19-30(29-9-6-5-7-10-29)24-28-13-17-32(18-14-28)34(35,36)37/h5-7,9-18,25,30H,3,8,19-24H2,1-2,4H3/t30-/m1/s1. The van der Waals surface area contributed by atoms with Crippen LogP contribution >= 0.6 is 0 Å². The Morgan fingerprint density at radius 3 is 1.97 bits per heavy atom. The van der Waals surface area contributed by atoms with Crippen LogP contribution in [0.15, 0.2) is 91.1 Å². The van der Waals surface area contributed by atoms with E-state index >= 15 is 0 Å². The monoisotopic (exact) mass is 519 g/mol. The summed E-state index contributed by atoms with van der Waals surface area (Å²) in [6.45, 7) is 9.92. The number of nitrogens with zero attached hydrogens (tertiary/aromatic N) is 1. The van der Waals surface area contributed by atoms with Crippen molar-refractivity contribution in [3.63, 3.8) is 0 Å². The van der Waals surface area contributed by atoms with Crippen molar-refractivity contribution in [1.82, 2.24) is 4.90 Å². The topological polar surface area (TPSA) is 3.24 Å². The van der Waals surface area contributed by atoms with E-state index in [1.54, 1.807) is 12.1 Å². The van der Waals surface area contributed by atoms with E-state index in [1.807, 2.05) is 18.2 Å². The largest absolute Gasteiger partial charge is 0.416 e. The number of hydrogen-bond acceptors (Lipinski definition) is 1. The van der Waals surface area contributed by atoms with Gasteiger partial charge in [0.2, 0.25) is 0 Å². The fraction of sp³-hybridized carbons (Fsp3) is 0.412. The van der Waals surface area contributed by atoms with Crippen LogP contribution < -0.4 is 0 Å². The van der Waals surface area contributed by atoms with Crippen molar-refractivity contribution in [2.45, 2.75) is 69.9 Å². The van der Waals surface area contributed by atoms with E-state index in [2.05, 4.69) is 68.8 Å². The van der Waals surface area contributed by atoms with Gasteiger partial charge in [0, 0.05) is 24.7 Å². The third kappa shape index (κ3) is 6.51.